The number of nitrogens with zero attached hydrogens (tertiary/aromatic N) is 1. The van der Waals surface area contributed by atoms with Crippen molar-refractivity contribution in [2.24, 2.45) is 11.8 Å². The predicted molar refractivity (Wildman–Crippen MR) is 144 cm³/mol. The number of hydrogen-bond acceptors (Lipinski definition) is 4. The van der Waals surface area contributed by atoms with E-state index in [2.05, 4.69) is 20.8 Å². The molecule has 35 heavy (non-hydrogen) atoms. The number of carboxylic acids is 1. The fourth-order valence-corrected chi connectivity index (χ4v) is 4.76. The van der Waals surface area contributed by atoms with E-state index in [-0.39, 0.29) is 12.5 Å². The number of hydrogen-bond donors (Lipinski definition) is 1. The molecule has 0 fully saturated rings. The Labute approximate surface area is 215 Å². The molecule has 0 aromatic carbocycles. The highest BCUT2D eigenvalue weighted by molar-refractivity contribution is 5.70. The second kappa shape index (κ2) is 24.1. The molecule has 1 N–H and O–H groups in total. The third-order valence-corrected chi connectivity index (χ3v) is 6.94. The summed E-state index contributed by atoms with van der Waals surface area (Å²) in [7, 11) is 0. The lowest BCUT2D eigenvalue weighted by atomic mass is 9.84. The molecule has 0 aromatic rings. The van der Waals surface area contributed by atoms with Gasteiger partial charge in [0.15, 0.2) is 6.29 Å². The van der Waals surface area contributed by atoms with E-state index in [1.165, 1.54) is 64.2 Å². The van der Waals surface area contributed by atoms with Crippen LogP contribution in [0.25, 0.3) is 0 Å². The minimum absolute atomic E-state index is 0.218. The number of aliphatic carboxylic acids is 1. The van der Waals surface area contributed by atoms with Crippen LogP contribution in [0.3, 0.4) is 0 Å². The van der Waals surface area contributed by atoms with Gasteiger partial charge < -0.3 is 14.7 Å². The van der Waals surface area contributed by atoms with E-state index in [0.717, 1.165) is 44.9 Å². The minimum atomic E-state index is -0.685. The zero-order chi connectivity index (χ0) is 26.2. The molecule has 0 aliphatic rings. The molecular weight excluding hydrogens is 442 g/mol. The molecule has 0 aromatic heterocycles. The summed E-state index contributed by atoms with van der Waals surface area (Å²) in [6, 6.07) is 0. The molecule has 0 aliphatic carbocycles. The first-order chi connectivity index (χ1) is 17.0. The number of carbonyl (C=O) groups is 3. The maximum absolute atomic E-state index is 12.4. The van der Waals surface area contributed by atoms with Gasteiger partial charge in [-0.2, -0.15) is 0 Å². The number of ether oxygens (including phenoxy) is 1. The zero-order valence-electron chi connectivity index (χ0n) is 23.1. The van der Waals surface area contributed by atoms with Crippen molar-refractivity contribution in [2.45, 2.75) is 136 Å². The molecule has 6 heteroatoms. The molecule has 1 amide bonds. The lowest BCUT2D eigenvalue weighted by Crippen LogP contribution is -2.34. The lowest BCUT2D eigenvalue weighted by molar-refractivity contribution is -0.142. The first-order valence-corrected chi connectivity index (χ1v) is 14.6. The van der Waals surface area contributed by atoms with Crippen LogP contribution in [-0.4, -0.2) is 48.1 Å². The van der Waals surface area contributed by atoms with Crippen LogP contribution < -0.4 is 0 Å². The predicted octanol–water partition coefficient (Wildman–Crippen LogP) is 8.02. The third kappa shape index (κ3) is 19.3. The Morgan fingerprint density at radius 2 is 1.23 bits per heavy atom. The summed E-state index contributed by atoms with van der Waals surface area (Å²) in [5.41, 5.74) is 0. The van der Waals surface area contributed by atoms with Crippen LogP contribution in [0, 0.1) is 11.8 Å². The van der Waals surface area contributed by atoms with Crippen molar-refractivity contribution in [2.75, 3.05) is 19.7 Å². The fraction of sp³-hybridized carbons (Fsp3) is 0.897. The number of carbonyl (C=O) groups excluding carboxylic acids is 2. The Bertz CT molecular complexity index is 515. The van der Waals surface area contributed by atoms with E-state index in [1.807, 2.05) is 0 Å². The molecule has 0 bridgehead atoms. The van der Waals surface area contributed by atoms with Crippen LogP contribution in [0.5, 0.6) is 0 Å². The SMILES string of the molecule is CCCCCCCCN(CCCCC(CC(CCCCC)CCCCC)C(=O)O)C(=O)OCC=O. The molecule has 0 radical (unpaired) electrons. The van der Waals surface area contributed by atoms with Crippen molar-refractivity contribution in [3.8, 4) is 0 Å². The van der Waals surface area contributed by atoms with E-state index in [4.69, 9.17) is 4.74 Å². The van der Waals surface area contributed by atoms with Crippen LogP contribution >= 0.6 is 0 Å². The molecule has 6 nitrogen and oxygen atoms in total. The standard InChI is InChI=1S/C29H55NO5/c1-4-7-10-11-12-16-21-30(29(34)35-24-23-31)22-17-15-20-27(28(32)33)25-26(18-13-8-5-2)19-14-9-6-3/h23,26-27H,4-22,24-25H2,1-3H3,(H,32,33). The Hall–Kier alpha value is -1.59. The van der Waals surface area contributed by atoms with Crippen molar-refractivity contribution in [3.63, 3.8) is 0 Å². The van der Waals surface area contributed by atoms with Gasteiger partial charge in [0.2, 0.25) is 0 Å². The molecular formula is C29H55NO5. The fourth-order valence-electron chi connectivity index (χ4n) is 4.76. The maximum atomic E-state index is 12.4. The van der Waals surface area contributed by atoms with Gasteiger partial charge in [0.05, 0.1) is 5.92 Å². The summed E-state index contributed by atoms with van der Waals surface area (Å²) in [6.45, 7) is 7.56. The van der Waals surface area contributed by atoms with Crippen molar-refractivity contribution < 1.29 is 24.2 Å². The summed E-state index contributed by atoms with van der Waals surface area (Å²) in [6.07, 6.45) is 19.4. The van der Waals surface area contributed by atoms with E-state index >= 15 is 0 Å². The van der Waals surface area contributed by atoms with Gasteiger partial charge in [0.25, 0.3) is 0 Å². The molecule has 0 heterocycles. The summed E-state index contributed by atoms with van der Waals surface area (Å²) in [5, 5.41) is 9.85. The number of unbranched alkanes of at least 4 members (excludes halogenated alkanes) is 10. The highest BCUT2D eigenvalue weighted by Gasteiger charge is 2.22. The highest BCUT2D eigenvalue weighted by Crippen LogP contribution is 2.27. The molecule has 1 atom stereocenters. The van der Waals surface area contributed by atoms with Gasteiger partial charge in [-0.25, -0.2) is 4.79 Å². The van der Waals surface area contributed by atoms with Crippen LogP contribution in [0.2, 0.25) is 0 Å². The Morgan fingerprint density at radius 1 is 0.743 bits per heavy atom. The molecule has 0 saturated carbocycles. The molecule has 206 valence electrons. The smallest absolute Gasteiger partial charge is 0.410 e. The van der Waals surface area contributed by atoms with E-state index in [9.17, 15) is 19.5 Å². The van der Waals surface area contributed by atoms with Crippen molar-refractivity contribution in [3.05, 3.63) is 0 Å². The summed E-state index contributed by atoms with van der Waals surface area (Å²) in [5.74, 6) is -0.496. The average molecular weight is 498 g/mol. The van der Waals surface area contributed by atoms with Crippen molar-refractivity contribution in [1.82, 2.24) is 4.90 Å². The topological polar surface area (TPSA) is 83.9 Å². The first-order valence-electron chi connectivity index (χ1n) is 14.6. The summed E-state index contributed by atoms with van der Waals surface area (Å²) < 4.78 is 5.04. The number of rotatable bonds is 25. The number of carboxylic acid groups (broad SMARTS) is 1. The second-order valence-corrected chi connectivity index (χ2v) is 10.1. The average Bonchev–Trinajstić information content (AvgIpc) is 2.84. The zero-order valence-corrected chi connectivity index (χ0v) is 23.1. The van der Waals surface area contributed by atoms with Crippen LogP contribution in [0.4, 0.5) is 4.79 Å². The monoisotopic (exact) mass is 497 g/mol. The van der Waals surface area contributed by atoms with Gasteiger partial charge >= 0.3 is 12.1 Å². The largest absolute Gasteiger partial charge is 0.481 e. The molecule has 1 unspecified atom stereocenters. The Morgan fingerprint density at radius 3 is 1.77 bits per heavy atom. The Balaban J connectivity index is 4.65. The number of aldehydes is 1. The van der Waals surface area contributed by atoms with Gasteiger partial charge in [-0.05, 0) is 31.6 Å². The summed E-state index contributed by atoms with van der Waals surface area (Å²) >= 11 is 0. The van der Waals surface area contributed by atoms with Gasteiger partial charge in [-0.15, -0.1) is 0 Å². The third-order valence-electron chi connectivity index (χ3n) is 6.94. The minimum Gasteiger partial charge on any atom is -0.481 e. The van der Waals surface area contributed by atoms with Crippen LogP contribution in [0.1, 0.15) is 136 Å². The quantitative estimate of drug-likeness (QED) is 0.102. The normalized spacial score (nSPS) is 12.0. The lowest BCUT2D eigenvalue weighted by Gasteiger charge is -2.23. The van der Waals surface area contributed by atoms with Crippen LogP contribution in [-0.2, 0) is 14.3 Å². The Kier molecular flexibility index (Phi) is 23.0. The van der Waals surface area contributed by atoms with E-state index in [1.54, 1.807) is 4.90 Å². The van der Waals surface area contributed by atoms with Gasteiger partial charge in [-0.1, -0.05) is 111 Å². The van der Waals surface area contributed by atoms with Crippen molar-refractivity contribution >= 4 is 18.3 Å². The van der Waals surface area contributed by atoms with Crippen LogP contribution in [0.15, 0.2) is 0 Å². The van der Waals surface area contributed by atoms with Gasteiger partial charge in [-0.3, -0.25) is 9.59 Å². The molecule has 0 spiro atoms. The van der Waals surface area contributed by atoms with Gasteiger partial charge in [0, 0.05) is 13.1 Å². The molecule has 0 aliphatic heterocycles. The van der Waals surface area contributed by atoms with Gasteiger partial charge in [0.1, 0.15) is 6.61 Å². The maximum Gasteiger partial charge on any atom is 0.410 e. The summed E-state index contributed by atoms with van der Waals surface area (Å²) in [4.78, 5) is 36.6. The number of amides is 1. The van der Waals surface area contributed by atoms with Crippen molar-refractivity contribution in [1.29, 1.82) is 0 Å². The second-order valence-electron chi connectivity index (χ2n) is 10.1. The molecule has 0 saturated heterocycles. The van der Waals surface area contributed by atoms with E-state index in [0.29, 0.717) is 31.7 Å². The van der Waals surface area contributed by atoms with E-state index < -0.39 is 12.1 Å². The molecule has 0 rings (SSSR count). The highest BCUT2D eigenvalue weighted by atomic mass is 16.6. The first kappa shape index (κ1) is 33.4.